The first-order chi connectivity index (χ1) is 8.79. The molecule has 4 nitrogen and oxygen atoms in total. The first-order valence-corrected chi connectivity index (χ1v) is 7.55. The molecule has 0 atom stereocenters. The lowest BCUT2D eigenvalue weighted by Gasteiger charge is -2.22. The summed E-state index contributed by atoms with van der Waals surface area (Å²) in [5, 5.41) is 6.52. The highest BCUT2D eigenvalue weighted by Crippen LogP contribution is 2.24. The second-order valence-corrected chi connectivity index (χ2v) is 5.68. The summed E-state index contributed by atoms with van der Waals surface area (Å²) in [7, 11) is 1.84. The fraction of sp³-hybridized carbons (Fsp3) is 0.692. The quantitative estimate of drug-likeness (QED) is 0.891. The van der Waals surface area contributed by atoms with Crippen molar-refractivity contribution in [3.8, 4) is 0 Å². The van der Waals surface area contributed by atoms with Crippen molar-refractivity contribution in [2.24, 2.45) is 0 Å². The van der Waals surface area contributed by atoms with E-state index in [0.29, 0.717) is 12.0 Å². The van der Waals surface area contributed by atoms with Crippen LogP contribution in [0.2, 0.25) is 0 Å². The summed E-state index contributed by atoms with van der Waals surface area (Å²) in [6.07, 6.45) is 11.0. The molecule has 1 aliphatic rings. The number of hydrogen-bond acceptors (Lipinski definition) is 4. The minimum absolute atomic E-state index is 0.543. The third-order valence-corrected chi connectivity index (χ3v) is 3.99. The highest BCUT2D eigenvalue weighted by atomic mass is 79.9. The number of aromatic nitrogens is 2. The second kappa shape index (κ2) is 6.92. The van der Waals surface area contributed by atoms with Gasteiger partial charge in [-0.25, -0.2) is 4.98 Å². The Bertz CT molecular complexity index is 375. The number of hydrogen-bond donors (Lipinski definition) is 2. The summed E-state index contributed by atoms with van der Waals surface area (Å²) in [6, 6.07) is 0.543. The van der Waals surface area contributed by atoms with Crippen molar-refractivity contribution in [2.75, 3.05) is 17.7 Å². The Balaban J connectivity index is 2.02. The first kappa shape index (κ1) is 13.6. The normalized spacial score (nSPS) is 17.9. The predicted octanol–water partition coefficient (Wildman–Crippen LogP) is 3.81. The molecule has 0 aliphatic heterocycles. The van der Waals surface area contributed by atoms with Gasteiger partial charge in [-0.2, -0.15) is 4.98 Å². The monoisotopic (exact) mass is 312 g/mol. The maximum absolute atomic E-state index is 4.46. The zero-order chi connectivity index (χ0) is 12.8. The Morgan fingerprint density at radius 1 is 1.17 bits per heavy atom. The van der Waals surface area contributed by atoms with Crippen LogP contribution in [0.15, 0.2) is 10.7 Å². The molecule has 1 aromatic heterocycles. The van der Waals surface area contributed by atoms with Crippen molar-refractivity contribution in [1.82, 2.24) is 9.97 Å². The van der Waals surface area contributed by atoms with Crippen LogP contribution in [-0.2, 0) is 0 Å². The zero-order valence-corrected chi connectivity index (χ0v) is 12.5. The van der Waals surface area contributed by atoms with Gasteiger partial charge in [0, 0.05) is 19.3 Å². The van der Waals surface area contributed by atoms with Crippen LogP contribution in [0.4, 0.5) is 11.8 Å². The maximum atomic E-state index is 4.46. The van der Waals surface area contributed by atoms with Gasteiger partial charge in [0.2, 0.25) is 5.95 Å². The van der Waals surface area contributed by atoms with Crippen LogP contribution in [0.3, 0.4) is 0 Å². The lowest BCUT2D eigenvalue weighted by Crippen LogP contribution is -2.21. The molecule has 0 aromatic carbocycles. The van der Waals surface area contributed by atoms with E-state index < -0.39 is 0 Å². The average molecular weight is 313 g/mol. The standard InChI is InChI=1S/C13H21BrN4/c1-15-13-16-9-11(14)12(18-13)17-10-7-5-3-2-4-6-8-10/h9-10H,2-8H2,1H3,(H2,15,16,17,18). The van der Waals surface area contributed by atoms with E-state index >= 15 is 0 Å². The van der Waals surface area contributed by atoms with Crippen molar-refractivity contribution in [3.63, 3.8) is 0 Å². The third-order valence-electron chi connectivity index (χ3n) is 3.41. The Morgan fingerprint density at radius 2 is 1.83 bits per heavy atom. The van der Waals surface area contributed by atoms with E-state index in [1.54, 1.807) is 6.20 Å². The number of halogens is 1. The van der Waals surface area contributed by atoms with Crippen LogP contribution in [0.1, 0.15) is 44.9 Å². The van der Waals surface area contributed by atoms with Gasteiger partial charge in [0.25, 0.3) is 0 Å². The largest absolute Gasteiger partial charge is 0.366 e. The van der Waals surface area contributed by atoms with E-state index in [1.807, 2.05) is 7.05 Å². The van der Waals surface area contributed by atoms with Crippen LogP contribution in [0.5, 0.6) is 0 Å². The zero-order valence-electron chi connectivity index (χ0n) is 10.9. The van der Waals surface area contributed by atoms with Crippen molar-refractivity contribution in [3.05, 3.63) is 10.7 Å². The van der Waals surface area contributed by atoms with Gasteiger partial charge in [0.05, 0.1) is 4.47 Å². The smallest absolute Gasteiger partial charge is 0.224 e. The molecule has 1 aliphatic carbocycles. The summed E-state index contributed by atoms with van der Waals surface area (Å²) >= 11 is 3.51. The summed E-state index contributed by atoms with van der Waals surface area (Å²) in [6.45, 7) is 0. The first-order valence-electron chi connectivity index (χ1n) is 6.76. The molecule has 2 N–H and O–H groups in total. The van der Waals surface area contributed by atoms with Crippen molar-refractivity contribution in [2.45, 2.75) is 51.0 Å². The Kier molecular flexibility index (Phi) is 5.23. The summed E-state index contributed by atoms with van der Waals surface area (Å²) in [4.78, 5) is 8.63. The molecule has 0 unspecified atom stereocenters. The fourth-order valence-corrected chi connectivity index (χ4v) is 2.69. The van der Waals surface area contributed by atoms with E-state index in [9.17, 15) is 0 Å². The Labute approximate surface area is 117 Å². The molecule has 0 radical (unpaired) electrons. The van der Waals surface area contributed by atoms with Gasteiger partial charge in [0.1, 0.15) is 5.82 Å². The molecule has 0 spiro atoms. The molecule has 1 heterocycles. The molecular weight excluding hydrogens is 292 g/mol. The lowest BCUT2D eigenvalue weighted by molar-refractivity contribution is 0.470. The van der Waals surface area contributed by atoms with Gasteiger partial charge in [-0.05, 0) is 28.8 Å². The molecular formula is C13H21BrN4. The highest BCUT2D eigenvalue weighted by molar-refractivity contribution is 9.10. The van der Waals surface area contributed by atoms with Crippen molar-refractivity contribution in [1.29, 1.82) is 0 Å². The minimum Gasteiger partial charge on any atom is -0.366 e. The molecule has 0 amide bonds. The summed E-state index contributed by atoms with van der Waals surface area (Å²) in [5.41, 5.74) is 0. The van der Waals surface area contributed by atoms with E-state index in [-0.39, 0.29) is 0 Å². The Morgan fingerprint density at radius 3 is 2.50 bits per heavy atom. The molecule has 5 heteroatoms. The van der Waals surface area contributed by atoms with E-state index in [0.717, 1.165) is 10.3 Å². The van der Waals surface area contributed by atoms with Crippen LogP contribution in [-0.4, -0.2) is 23.1 Å². The summed E-state index contributed by atoms with van der Waals surface area (Å²) in [5.74, 6) is 1.56. The molecule has 100 valence electrons. The summed E-state index contributed by atoms with van der Waals surface area (Å²) < 4.78 is 0.934. The molecule has 1 aromatic rings. The highest BCUT2D eigenvalue weighted by Gasteiger charge is 2.13. The van der Waals surface area contributed by atoms with Crippen LogP contribution >= 0.6 is 15.9 Å². The number of anilines is 2. The second-order valence-electron chi connectivity index (χ2n) is 4.83. The number of rotatable bonds is 3. The van der Waals surface area contributed by atoms with Gasteiger partial charge in [-0.1, -0.05) is 32.1 Å². The molecule has 0 bridgehead atoms. The van der Waals surface area contributed by atoms with E-state index in [1.165, 1.54) is 44.9 Å². The lowest BCUT2D eigenvalue weighted by atomic mass is 9.97. The minimum atomic E-state index is 0.543. The van der Waals surface area contributed by atoms with Crippen LogP contribution in [0, 0.1) is 0 Å². The SMILES string of the molecule is CNc1ncc(Br)c(NC2CCCCCCC2)n1. The fourth-order valence-electron chi connectivity index (χ4n) is 2.38. The molecule has 2 rings (SSSR count). The van der Waals surface area contributed by atoms with Gasteiger partial charge < -0.3 is 10.6 Å². The molecule has 18 heavy (non-hydrogen) atoms. The molecule has 0 saturated heterocycles. The maximum Gasteiger partial charge on any atom is 0.224 e. The van der Waals surface area contributed by atoms with Crippen molar-refractivity contribution >= 4 is 27.7 Å². The van der Waals surface area contributed by atoms with Crippen LogP contribution in [0.25, 0.3) is 0 Å². The Hall–Kier alpha value is -0.840. The van der Waals surface area contributed by atoms with Gasteiger partial charge >= 0.3 is 0 Å². The van der Waals surface area contributed by atoms with Gasteiger partial charge in [-0.3, -0.25) is 0 Å². The number of nitrogens with zero attached hydrogens (tertiary/aromatic N) is 2. The topological polar surface area (TPSA) is 49.8 Å². The number of nitrogens with one attached hydrogen (secondary N) is 2. The van der Waals surface area contributed by atoms with E-state index in [2.05, 4.69) is 36.5 Å². The third kappa shape index (κ3) is 3.83. The van der Waals surface area contributed by atoms with E-state index in [4.69, 9.17) is 0 Å². The molecule has 1 saturated carbocycles. The van der Waals surface area contributed by atoms with Crippen molar-refractivity contribution < 1.29 is 0 Å². The molecule has 1 fully saturated rings. The predicted molar refractivity (Wildman–Crippen MR) is 79.0 cm³/mol. The average Bonchev–Trinajstić information content (AvgIpc) is 2.35. The van der Waals surface area contributed by atoms with Gasteiger partial charge in [-0.15, -0.1) is 0 Å². The van der Waals surface area contributed by atoms with Gasteiger partial charge in [0.15, 0.2) is 0 Å². The van der Waals surface area contributed by atoms with Crippen LogP contribution < -0.4 is 10.6 Å².